The molecule has 2 heterocycles. The highest BCUT2D eigenvalue weighted by atomic mass is 16.1. The summed E-state index contributed by atoms with van der Waals surface area (Å²) in [6, 6.07) is 0. The molecule has 0 atom stereocenters. The van der Waals surface area contributed by atoms with E-state index in [9.17, 15) is 4.79 Å². The normalized spacial score (nSPS) is 10.6. The van der Waals surface area contributed by atoms with Gasteiger partial charge in [-0.1, -0.05) is 0 Å². The molecule has 0 aliphatic rings. The van der Waals surface area contributed by atoms with E-state index in [0.29, 0.717) is 5.52 Å². The number of hydrogen-bond acceptors (Lipinski definition) is 2. The van der Waals surface area contributed by atoms with Crippen LogP contribution in [0.1, 0.15) is 5.56 Å². The zero-order valence-corrected chi connectivity index (χ0v) is 6.01. The van der Waals surface area contributed by atoms with E-state index in [1.165, 1.54) is 6.33 Å². The molecular formula is C7H7N3O. The van der Waals surface area contributed by atoms with Gasteiger partial charge in [0.15, 0.2) is 0 Å². The van der Waals surface area contributed by atoms with Gasteiger partial charge in [0, 0.05) is 6.20 Å². The second-order valence-corrected chi connectivity index (χ2v) is 2.43. The lowest BCUT2D eigenvalue weighted by Crippen LogP contribution is -2.05. The average Bonchev–Trinajstić information content (AvgIpc) is 2.35. The Morgan fingerprint density at radius 1 is 1.45 bits per heavy atom. The molecule has 0 spiro atoms. The molecule has 0 aliphatic carbocycles. The van der Waals surface area contributed by atoms with Crippen molar-refractivity contribution in [3.8, 4) is 0 Å². The first-order chi connectivity index (χ1) is 5.29. The molecule has 0 radical (unpaired) electrons. The molecule has 56 valence electrons. The van der Waals surface area contributed by atoms with Gasteiger partial charge in [-0.2, -0.15) is 0 Å². The van der Waals surface area contributed by atoms with E-state index in [4.69, 9.17) is 0 Å². The van der Waals surface area contributed by atoms with E-state index in [1.807, 2.05) is 6.92 Å². The van der Waals surface area contributed by atoms with Crippen LogP contribution in [-0.2, 0) is 0 Å². The second-order valence-electron chi connectivity index (χ2n) is 2.43. The number of nitrogens with one attached hydrogen (secondary N) is 2. The number of rotatable bonds is 0. The van der Waals surface area contributed by atoms with Gasteiger partial charge in [0.2, 0.25) is 0 Å². The molecule has 4 nitrogen and oxygen atoms in total. The smallest absolute Gasteiger partial charge is 0.275 e. The van der Waals surface area contributed by atoms with Crippen LogP contribution in [0, 0.1) is 6.92 Å². The average molecular weight is 149 g/mol. The third kappa shape index (κ3) is 0.756. The lowest BCUT2D eigenvalue weighted by molar-refractivity contribution is 1.16. The lowest BCUT2D eigenvalue weighted by atomic mass is 10.3. The van der Waals surface area contributed by atoms with Gasteiger partial charge >= 0.3 is 0 Å². The number of aryl methyl sites for hydroxylation is 1. The molecule has 2 rings (SSSR count). The molecule has 0 aliphatic heterocycles. The SMILES string of the molecule is Cc1c[nH]c2c(=O)[nH]cnc12. The Kier molecular flexibility index (Phi) is 1.09. The molecule has 0 unspecified atom stereocenters. The highest BCUT2D eigenvalue weighted by molar-refractivity contribution is 5.76. The third-order valence-electron chi connectivity index (χ3n) is 1.66. The number of hydrogen-bond donors (Lipinski definition) is 2. The van der Waals surface area contributed by atoms with Crippen molar-refractivity contribution in [3.05, 3.63) is 28.4 Å². The maximum absolute atomic E-state index is 11.1. The molecule has 0 saturated carbocycles. The minimum absolute atomic E-state index is 0.122. The fourth-order valence-electron chi connectivity index (χ4n) is 1.08. The highest BCUT2D eigenvalue weighted by Gasteiger charge is 2.01. The standard InChI is InChI=1S/C7H7N3O/c1-4-2-8-6-5(4)9-3-10-7(6)11/h2-3,8H,1H3,(H,9,10,11). The highest BCUT2D eigenvalue weighted by Crippen LogP contribution is 2.08. The first-order valence-corrected chi connectivity index (χ1v) is 3.30. The zero-order valence-electron chi connectivity index (χ0n) is 6.01. The summed E-state index contributed by atoms with van der Waals surface area (Å²) in [5.41, 5.74) is 2.16. The van der Waals surface area contributed by atoms with Crippen molar-refractivity contribution < 1.29 is 0 Å². The molecule has 0 fully saturated rings. The maximum atomic E-state index is 11.1. The largest absolute Gasteiger partial charge is 0.355 e. The Bertz CT molecular complexity index is 440. The first-order valence-electron chi connectivity index (χ1n) is 3.30. The van der Waals surface area contributed by atoms with Crippen molar-refractivity contribution in [1.29, 1.82) is 0 Å². The van der Waals surface area contributed by atoms with Crippen LogP contribution in [0.4, 0.5) is 0 Å². The fraction of sp³-hybridized carbons (Fsp3) is 0.143. The van der Waals surface area contributed by atoms with Crippen LogP contribution < -0.4 is 5.56 Å². The summed E-state index contributed by atoms with van der Waals surface area (Å²) in [6.07, 6.45) is 3.18. The molecule has 0 bridgehead atoms. The molecule has 0 amide bonds. The Hall–Kier alpha value is -1.58. The van der Waals surface area contributed by atoms with Crippen LogP contribution in [-0.4, -0.2) is 15.0 Å². The van der Waals surface area contributed by atoms with Crippen molar-refractivity contribution in [1.82, 2.24) is 15.0 Å². The van der Waals surface area contributed by atoms with Crippen molar-refractivity contribution >= 4 is 11.0 Å². The first kappa shape index (κ1) is 6.15. The summed E-state index contributed by atoms with van der Waals surface area (Å²) in [6.45, 7) is 1.91. The molecular weight excluding hydrogens is 142 g/mol. The molecule has 11 heavy (non-hydrogen) atoms. The van der Waals surface area contributed by atoms with Gasteiger partial charge in [0.05, 0.1) is 11.8 Å². The molecule has 0 saturated heterocycles. The summed E-state index contributed by atoms with van der Waals surface area (Å²) < 4.78 is 0. The van der Waals surface area contributed by atoms with Gasteiger partial charge in [-0.25, -0.2) is 4.98 Å². The van der Waals surface area contributed by atoms with E-state index in [1.54, 1.807) is 6.20 Å². The van der Waals surface area contributed by atoms with Crippen LogP contribution in [0.3, 0.4) is 0 Å². The molecule has 4 heteroatoms. The van der Waals surface area contributed by atoms with E-state index in [2.05, 4.69) is 15.0 Å². The van der Waals surface area contributed by atoms with Gasteiger partial charge in [-0.05, 0) is 12.5 Å². The summed E-state index contributed by atoms with van der Waals surface area (Å²) in [4.78, 5) is 20.4. The van der Waals surface area contributed by atoms with Gasteiger partial charge < -0.3 is 9.97 Å². The fourth-order valence-corrected chi connectivity index (χ4v) is 1.08. The quantitative estimate of drug-likeness (QED) is 0.574. The second kappa shape index (κ2) is 1.95. The number of aromatic amines is 2. The van der Waals surface area contributed by atoms with Crippen LogP contribution in [0.15, 0.2) is 17.3 Å². The number of H-pyrrole nitrogens is 2. The Morgan fingerprint density at radius 2 is 2.27 bits per heavy atom. The predicted octanol–water partition coefficient (Wildman–Crippen LogP) is 0.560. The van der Waals surface area contributed by atoms with Crippen LogP contribution in [0.2, 0.25) is 0 Å². The van der Waals surface area contributed by atoms with Gasteiger partial charge in [0.1, 0.15) is 5.52 Å². The van der Waals surface area contributed by atoms with E-state index in [0.717, 1.165) is 11.1 Å². The maximum Gasteiger partial charge on any atom is 0.275 e. The summed E-state index contributed by atoms with van der Waals surface area (Å²) >= 11 is 0. The Labute approximate surface area is 62.3 Å². The predicted molar refractivity (Wildman–Crippen MR) is 41.5 cm³/mol. The number of aromatic nitrogens is 3. The van der Waals surface area contributed by atoms with Crippen LogP contribution >= 0.6 is 0 Å². The summed E-state index contributed by atoms with van der Waals surface area (Å²) in [5, 5.41) is 0. The topological polar surface area (TPSA) is 61.5 Å². The molecule has 2 aromatic rings. The number of fused-ring (bicyclic) bond motifs is 1. The third-order valence-corrected chi connectivity index (χ3v) is 1.66. The monoisotopic (exact) mass is 149 g/mol. The minimum atomic E-state index is -0.122. The van der Waals surface area contributed by atoms with Crippen molar-refractivity contribution in [2.24, 2.45) is 0 Å². The van der Waals surface area contributed by atoms with E-state index < -0.39 is 0 Å². The molecule has 2 N–H and O–H groups in total. The van der Waals surface area contributed by atoms with E-state index in [-0.39, 0.29) is 5.56 Å². The van der Waals surface area contributed by atoms with Crippen molar-refractivity contribution in [2.45, 2.75) is 6.92 Å². The van der Waals surface area contributed by atoms with Crippen LogP contribution in [0.25, 0.3) is 11.0 Å². The summed E-state index contributed by atoms with van der Waals surface area (Å²) in [5.74, 6) is 0. The summed E-state index contributed by atoms with van der Waals surface area (Å²) in [7, 11) is 0. The molecule has 2 aromatic heterocycles. The van der Waals surface area contributed by atoms with Crippen LogP contribution in [0.5, 0.6) is 0 Å². The zero-order chi connectivity index (χ0) is 7.84. The van der Waals surface area contributed by atoms with E-state index >= 15 is 0 Å². The van der Waals surface area contributed by atoms with Gasteiger partial charge in [-0.3, -0.25) is 4.79 Å². The van der Waals surface area contributed by atoms with Crippen molar-refractivity contribution in [2.75, 3.05) is 0 Å². The van der Waals surface area contributed by atoms with Gasteiger partial charge in [-0.15, -0.1) is 0 Å². The number of nitrogens with zero attached hydrogens (tertiary/aromatic N) is 1. The minimum Gasteiger partial charge on any atom is -0.355 e. The lowest BCUT2D eigenvalue weighted by Gasteiger charge is -1.86. The molecule has 0 aromatic carbocycles. The Morgan fingerprint density at radius 3 is 3.00 bits per heavy atom. The Balaban J connectivity index is 3.06. The van der Waals surface area contributed by atoms with Crippen molar-refractivity contribution in [3.63, 3.8) is 0 Å². The van der Waals surface area contributed by atoms with Gasteiger partial charge in [0.25, 0.3) is 5.56 Å².